The van der Waals surface area contributed by atoms with Gasteiger partial charge < -0.3 is 15.0 Å². The molecule has 0 aromatic rings. The van der Waals surface area contributed by atoms with Crippen LogP contribution >= 0.6 is 0 Å². The summed E-state index contributed by atoms with van der Waals surface area (Å²) >= 11 is 0. The molecule has 0 bridgehead atoms. The van der Waals surface area contributed by atoms with E-state index in [1.807, 2.05) is 18.7 Å². The summed E-state index contributed by atoms with van der Waals surface area (Å²) in [6.45, 7) is 9.14. The van der Waals surface area contributed by atoms with E-state index in [1.54, 1.807) is 11.8 Å². The fourth-order valence-corrected chi connectivity index (χ4v) is 1.87. The average Bonchev–Trinajstić information content (AvgIpc) is 2.29. The highest BCUT2D eigenvalue weighted by molar-refractivity contribution is 5.78. The van der Waals surface area contributed by atoms with E-state index < -0.39 is 0 Å². The van der Waals surface area contributed by atoms with Crippen molar-refractivity contribution in [2.45, 2.75) is 26.8 Å². The first-order valence-corrected chi connectivity index (χ1v) is 6.46. The molecule has 0 spiro atoms. The number of nitrogens with zero attached hydrogens (tertiary/aromatic N) is 2. The van der Waals surface area contributed by atoms with Crippen molar-refractivity contribution in [3.05, 3.63) is 0 Å². The van der Waals surface area contributed by atoms with E-state index in [0.29, 0.717) is 39.3 Å². The van der Waals surface area contributed by atoms with E-state index in [9.17, 15) is 9.59 Å². The molecule has 1 rings (SSSR count). The molecule has 1 aliphatic heterocycles. The lowest BCUT2D eigenvalue weighted by atomic mass is 10.3. The van der Waals surface area contributed by atoms with Gasteiger partial charge in [-0.05, 0) is 20.8 Å². The third-order valence-corrected chi connectivity index (χ3v) is 2.72. The van der Waals surface area contributed by atoms with Gasteiger partial charge in [0.05, 0.1) is 13.2 Å². The summed E-state index contributed by atoms with van der Waals surface area (Å²) in [4.78, 5) is 26.8. The van der Waals surface area contributed by atoms with Crippen LogP contribution < -0.4 is 5.32 Å². The minimum atomic E-state index is -0.260. The number of hydrogen-bond acceptors (Lipinski definition) is 4. The molecule has 0 aliphatic carbocycles. The van der Waals surface area contributed by atoms with Gasteiger partial charge in [-0.3, -0.25) is 9.69 Å². The molecule has 1 aliphatic rings. The van der Waals surface area contributed by atoms with Crippen LogP contribution in [0.4, 0.5) is 4.79 Å². The highest BCUT2D eigenvalue weighted by Crippen LogP contribution is 2.03. The molecule has 1 N–H and O–H groups in total. The van der Waals surface area contributed by atoms with Crippen molar-refractivity contribution in [2.75, 3.05) is 39.3 Å². The van der Waals surface area contributed by atoms with Crippen molar-refractivity contribution >= 4 is 12.0 Å². The quantitative estimate of drug-likeness (QED) is 0.786. The van der Waals surface area contributed by atoms with E-state index >= 15 is 0 Å². The fraction of sp³-hybridized carbons (Fsp3) is 0.833. The highest BCUT2D eigenvalue weighted by atomic mass is 16.6. The van der Waals surface area contributed by atoms with Gasteiger partial charge in [0.25, 0.3) is 0 Å². The van der Waals surface area contributed by atoms with Crippen LogP contribution in [-0.4, -0.2) is 67.2 Å². The van der Waals surface area contributed by atoms with Crippen molar-refractivity contribution in [1.29, 1.82) is 0 Å². The second-order valence-corrected chi connectivity index (χ2v) is 4.68. The van der Waals surface area contributed by atoms with E-state index in [-0.39, 0.29) is 18.0 Å². The Morgan fingerprint density at radius 3 is 2.33 bits per heavy atom. The zero-order chi connectivity index (χ0) is 13.5. The molecule has 0 atom stereocenters. The van der Waals surface area contributed by atoms with E-state index in [4.69, 9.17) is 4.74 Å². The van der Waals surface area contributed by atoms with Crippen molar-refractivity contribution in [3.8, 4) is 0 Å². The topological polar surface area (TPSA) is 61.9 Å². The smallest absolute Gasteiger partial charge is 0.409 e. The molecule has 6 nitrogen and oxygen atoms in total. The minimum Gasteiger partial charge on any atom is -0.450 e. The van der Waals surface area contributed by atoms with Gasteiger partial charge in [0.1, 0.15) is 0 Å². The molecule has 0 radical (unpaired) electrons. The Morgan fingerprint density at radius 1 is 1.22 bits per heavy atom. The number of hydrogen-bond donors (Lipinski definition) is 1. The van der Waals surface area contributed by atoms with Gasteiger partial charge in [-0.1, -0.05) is 0 Å². The summed E-state index contributed by atoms with van der Waals surface area (Å²) in [6, 6.07) is 0.165. The van der Waals surface area contributed by atoms with Gasteiger partial charge in [-0.2, -0.15) is 0 Å². The first kappa shape index (κ1) is 14.8. The maximum absolute atomic E-state index is 11.6. The van der Waals surface area contributed by atoms with Crippen LogP contribution in [0.2, 0.25) is 0 Å². The van der Waals surface area contributed by atoms with Crippen LogP contribution in [0.15, 0.2) is 0 Å². The van der Waals surface area contributed by atoms with Gasteiger partial charge in [-0.25, -0.2) is 4.79 Å². The van der Waals surface area contributed by atoms with Gasteiger partial charge in [0, 0.05) is 32.2 Å². The number of piperazine rings is 1. The zero-order valence-electron chi connectivity index (χ0n) is 11.4. The van der Waals surface area contributed by atoms with Gasteiger partial charge >= 0.3 is 6.09 Å². The molecule has 0 aromatic heterocycles. The van der Waals surface area contributed by atoms with E-state index in [2.05, 4.69) is 5.32 Å². The van der Waals surface area contributed by atoms with E-state index in [0.717, 1.165) is 0 Å². The SMILES string of the molecule is CCOC(=O)N1CCN(CC(=O)NC(C)C)CC1. The number of carbonyl (C=O) groups excluding carboxylic acids is 2. The Labute approximate surface area is 108 Å². The molecule has 1 saturated heterocycles. The second kappa shape index (κ2) is 7.20. The molecule has 1 heterocycles. The van der Waals surface area contributed by atoms with Crippen LogP contribution in [0.5, 0.6) is 0 Å². The standard InChI is InChI=1S/C12H23N3O3/c1-4-18-12(17)15-7-5-14(6-8-15)9-11(16)13-10(2)3/h10H,4-9H2,1-3H3,(H,13,16). The Balaban J connectivity index is 2.27. The van der Waals surface area contributed by atoms with Crippen LogP contribution in [0.1, 0.15) is 20.8 Å². The van der Waals surface area contributed by atoms with Crippen LogP contribution in [0.3, 0.4) is 0 Å². The number of ether oxygens (including phenoxy) is 1. The first-order valence-electron chi connectivity index (χ1n) is 6.46. The largest absolute Gasteiger partial charge is 0.450 e. The molecule has 0 saturated carbocycles. The Kier molecular flexibility index (Phi) is 5.91. The third-order valence-electron chi connectivity index (χ3n) is 2.72. The van der Waals surface area contributed by atoms with Crippen LogP contribution in [0, 0.1) is 0 Å². The highest BCUT2D eigenvalue weighted by Gasteiger charge is 2.22. The molecule has 1 fully saturated rings. The van der Waals surface area contributed by atoms with Crippen molar-refractivity contribution < 1.29 is 14.3 Å². The molecule has 0 aromatic carbocycles. The maximum atomic E-state index is 11.6. The van der Waals surface area contributed by atoms with Gasteiger partial charge in [0.2, 0.25) is 5.91 Å². The van der Waals surface area contributed by atoms with Crippen LogP contribution in [-0.2, 0) is 9.53 Å². The van der Waals surface area contributed by atoms with Crippen molar-refractivity contribution in [3.63, 3.8) is 0 Å². The summed E-state index contributed by atoms with van der Waals surface area (Å²) in [7, 11) is 0. The molecular weight excluding hydrogens is 234 g/mol. The Hall–Kier alpha value is -1.30. The summed E-state index contributed by atoms with van der Waals surface area (Å²) < 4.78 is 4.94. The molecule has 2 amide bonds. The summed E-state index contributed by atoms with van der Waals surface area (Å²) in [5.41, 5.74) is 0. The molecular formula is C12H23N3O3. The molecule has 0 unspecified atom stereocenters. The fourth-order valence-electron chi connectivity index (χ4n) is 1.87. The lowest BCUT2D eigenvalue weighted by Crippen LogP contribution is -2.51. The van der Waals surface area contributed by atoms with Crippen molar-refractivity contribution in [1.82, 2.24) is 15.1 Å². The maximum Gasteiger partial charge on any atom is 0.409 e. The normalized spacial score (nSPS) is 16.8. The number of rotatable bonds is 4. The molecule has 18 heavy (non-hydrogen) atoms. The predicted octanol–water partition coefficient (Wildman–Crippen LogP) is 0.285. The third kappa shape index (κ3) is 4.91. The summed E-state index contributed by atoms with van der Waals surface area (Å²) in [6.07, 6.45) is -0.260. The first-order chi connectivity index (χ1) is 8.52. The average molecular weight is 257 g/mol. The van der Waals surface area contributed by atoms with Crippen molar-refractivity contribution in [2.24, 2.45) is 0 Å². The second-order valence-electron chi connectivity index (χ2n) is 4.68. The van der Waals surface area contributed by atoms with Gasteiger partial charge in [0.15, 0.2) is 0 Å². The van der Waals surface area contributed by atoms with Gasteiger partial charge in [-0.15, -0.1) is 0 Å². The lowest BCUT2D eigenvalue weighted by Gasteiger charge is -2.33. The lowest BCUT2D eigenvalue weighted by molar-refractivity contribution is -0.123. The number of nitrogens with one attached hydrogen (secondary N) is 1. The summed E-state index contributed by atoms with van der Waals surface area (Å²) in [5, 5.41) is 2.86. The molecule has 6 heteroatoms. The number of carbonyl (C=O) groups is 2. The Bertz CT molecular complexity index is 286. The Morgan fingerprint density at radius 2 is 1.83 bits per heavy atom. The predicted molar refractivity (Wildman–Crippen MR) is 68.3 cm³/mol. The molecule has 104 valence electrons. The minimum absolute atomic E-state index is 0.0367. The van der Waals surface area contributed by atoms with Crippen LogP contribution in [0.25, 0.3) is 0 Å². The number of amides is 2. The van der Waals surface area contributed by atoms with E-state index in [1.165, 1.54) is 0 Å². The summed E-state index contributed by atoms with van der Waals surface area (Å²) in [5.74, 6) is 0.0367. The zero-order valence-corrected chi connectivity index (χ0v) is 11.4. The monoisotopic (exact) mass is 257 g/mol.